The quantitative estimate of drug-likeness (QED) is 0.845. The Morgan fingerprint density at radius 2 is 2.11 bits per heavy atom. The van der Waals surface area contributed by atoms with Gasteiger partial charge in [-0.25, -0.2) is 4.98 Å². The zero-order valence-electron chi connectivity index (χ0n) is 11.3. The first kappa shape index (κ1) is 13.2. The van der Waals surface area contributed by atoms with Crippen LogP contribution in [-0.2, 0) is 12.0 Å². The molecule has 0 saturated carbocycles. The highest BCUT2D eigenvalue weighted by atomic mass is 16.5. The Hall–Kier alpha value is -2.25. The Labute approximate surface area is 110 Å². The third-order valence-corrected chi connectivity index (χ3v) is 2.38. The van der Waals surface area contributed by atoms with E-state index in [1.165, 1.54) is 0 Å². The first-order valence-electron chi connectivity index (χ1n) is 5.86. The van der Waals surface area contributed by atoms with Gasteiger partial charge in [0, 0.05) is 12.3 Å². The van der Waals surface area contributed by atoms with Crippen LogP contribution < -0.4 is 5.32 Å². The van der Waals surface area contributed by atoms with Crippen molar-refractivity contribution in [2.75, 3.05) is 0 Å². The number of aromatic nitrogens is 5. The molecule has 2 aromatic rings. The lowest BCUT2D eigenvalue weighted by Crippen LogP contribution is -2.24. The molecule has 0 spiro atoms. The van der Waals surface area contributed by atoms with E-state index in [1.807, 2.05) is 20.8 Å². The van der Waals surface area contributed by atoms with Crippen LogP contribution in [0.4, 0.5) is 0 Å². The molecule has 0 atom stereocenters. The Morgan fingerprint density at radius 1 is 1.37 bits per heavy atom. The van der Waals surface area contributed by atoms with Gasteiger partial charge in [-0.2, -0.15) is 4.98 Å². The minimum Gasteiger partial charge on any atom is -0.342 e. The van der Waals surface area contributed by atoms with Crippen LogP contribution in [0.15, 0.2) is 4.52 Å². The number of amides is 1. The highest BCUT2D eigenvalue weighted by Crippen LogP contribution is 2.17. The van der Waals surface area contributed by atoms with Gasteiger partial charge in [-0.15, -0.1) is 5.10 Å². The highest BCUT2D eigenvalue weighted by molar-refractivity contribution is 5.90. The fraction of sp³-hybridized carbons (Fsp3) is 0.545. The molecule has 1 amide bonds. The van der Waals surface area contributed by atoms with E-state index in [-0.39, 0.29) is 23.7 Å². The van der Waals surface area contributed by atoms with Crippen LogP contribution in [-0.4, -0.2) is 31.2 Å². The van der Waals surface area contributed by atoms with Gasteiger partial charge in [0.05, 0.1) is 6.54 Å². The van der Waals surface area contributed by atoms with Gasteiger partial charge >= 0.3 is 0 Å². The highest BCUT2D eigenvalue weighted by Gasteiger charge is 2.21. The molecule has 2 aromatic heterocycles. The van der Waals surface area contributed by atoms with E-state index in [9.17, 15) is 4.79 Å². The summed E-state index contributed by atoms with van der Waals surface area (Å²) in [5.41, 5.74) is -0.184. The second kappa shape index (κ2) is 4.79. The third kappa shape index (κ3) is 3.15. The van der Waals surface area contributed by atoms with Crippen molar-refractivity contribution in [3.8, 4) is 0 Å². The van der Waals surface area contributed by atoms with Gasteiger partial charge in [0.25, 0.3) is 5.91 Å². The second-order valence-electron chi connectivity index (χ2n) is 5.17. The monoisotopic (exact) mass is 264 g/mol. The van der Waals surface area contributed by atoms with Gasteiger partial charge in [0.15, 0.2) is 5.82 Å². The van der Waals surface area contributed by atoms with Crippen LogP contribution in [0.5, 0.6) is 0 Å². The van der Waals surface area contributed by atoms with Crippen LogP contribution in [0.2, 0.25) is 0 Å². The fourth-order valence-corrected chi connectivity index (χ4v) is 1.35. The summed E-state index contributed by atoms with van der Waals surface area (Å²) in [5, 5.41) is 12.9. The molecule has 0 aliphatic heterocycles. The van der Waals surface area contributed by atoms with Crippen LogP contribution in [0, 0.1) is 6.92 Å². The first-order chi connectivity index (χ1) is 8.86. The molecule has 102 valence electrons. The summed E-state index contributed by atoms with van der Waals surface area (Å²) in [6, 6.07) is 0. The average Bonchev–Trinajstić information content (AvgIpc) is 2.93. The van der Waals surface area contributed by atoms with Crippen LogP contribution in [0.1, 0.15) is 48.9 Å². The molecule has 0 radical (unpaired) electrons. The fourth-order valence-electron chi connectivity index (χ4n) is 1.35. The van der Waals surface area contributed by atoms with Crippen molar-refractivity contribution in [1.82, 2.24) is 30.6 Å². The van der Waals surface area contributed by atoms with Crippen LogP contribution in [0.3, 0.4) is 0 Å². The molecule has 2 N–H and O–H groups in total. The number of rotatable bonds is 3. The summed E-state index contributed by atoms with van der Waals surface area (Å²) in [6.07, 6.45) is 0. The molecule has 2 heterocycles. The van der Waals surface area contributed by atoms with Gasteiger partial charge in [0.1, 0.15) is 5.82 Å². The topological polar surface area (TPSA) is 110 Å². The molecule has 0 saturated heterocycles. The van der Waals surface area contributed by atoms with E-state index in [2.05, 4.69) is 30.6 Å². The maximum atomic E-state index is 11.8. The van der Waals surface area contributed by atoms with Gasteiger partial charge in [-0.3, -0.25) is 9.89 Å². The maximum absolute atomic E-state index is 11.8. The Morgan fingerprint density at radius 3 is 2.63 bits per heavy atom. The lowest BCUT2D eigenvalue weighted by atomic mass is 9.96. The lowest BCUT2D eigenvalue weighted by Gasteiger charge is -2.12. The van der Waals surface area contributed by atoms with Crippen LogP contribution >= 0.6 is 0 Å². The van der Waals surface area contributed by atoms with E-state index in [1.54, 1.807) is 6.92 Å². The van der Waals surface area contributed by atoms with Gasteiger partial charge in [-0.1, -0.05) is 25.9 Å². The number of nitrogens with one attached hydrogen (secondary N) is 2. The predicted octanol–water partition coefficient (Wildman–Crippen LogP) is 0.724. The van der Waals surface area contributed by atoms with Crippen molar-refractivity contribution in [2.45, 2.75) is 39.7 Å². The summed E-state index contributed by atoms with van der Waals surface area (Å²) in [7, 11) is 0. The number of carbonyl (C=O) groups excluding carboxylic acids is 1. The zero-order valence-corrected chi connectivity index (χ0v) is 11.3. The predicted molar refractivity (Wildman–Crippen MR) is 65.3 cm³/mol. The molecule has 19 heavy (non-hydrogen) atoms. The van der Waals surface area contributed by atoms with E-state index in [0.29, 0.717) is 17.5 Å². The van der Waals surface area contributed by atoms with Crippen molar-refractivity contribution in [3.63, 3.8) is 0 Å². The van der Waals surface area contributed by atoms with Crippen molar-refractivity contribution in [3.05, 3.63) is 23.4 Å². The van der Waals surface area contributed by atoms with Crippen molar-refractivity contribution >= 4 is 5.91 Å². The van der Waals surface area contributed by atoms with Crippen LogP contribution in [0.25, 0.3) is 0 Å². The Balaban J connectivity index is 1.98. The molecular formula is C11H16N6O2. The molecule has 0 fully saturated rings. The largest absolute Gasteiger partial charge is 0.342 e. The average molecular weight is 264 g/mol. The van der Waals surface area contributed by atoms with E-state index >= 15 is 0 Å². The SMILES string of the molecule is Cc1nc(CNC(=O)c2n[nH]c(C(C)(C)C)n2)no1. The maximum Gasteiger partial charge on any atom is 0.291 e. The molecule has 8 heteroatoms. The van der Waals surface area contributed by atoms with Crippen molar-refractivity contribution in [1.29, 1.82) is 0 Å². The summed E-state index contributed by atoms with van der Waals surface area (Å²) < 4.78 is 4.80. The number of aromatic amines is 1. The molecule has 2 rings (SSSR count). The number of H-pyrrole nitrogens is 1. The van der Waals surface area contributed by atoms with E-state index in [4.69, 9.17) is 4.52 Å². The summed E-state index contributed by atoms with van der Waals surface area (Å²) in [4.78, 5) is 20.0. The molecule has 0 bridgehead atoms. The first-order valence-corrected chi connectivity index (χ1v) is 5.86. The molecule has 0 aliphatic carbocycles. The number of hydrogen-bond acceptors (Lipinski definition) is 6. The minimum absolute atomic E-state index is 0.102. The molecule has 8 nitrogen and oxygen atoms in total. The third-order valence-electron chi connectivity index (χ3n) is 2.38. The minimum atomic E-state index is -0.380. The Kier molecular flexibility index (Phi) is 3.32. The van der Waals surface area contributed by atoms with Gasteiger partial charge in [-0.05, 0) is 0 Å². The summed E-state index contributed by atoms with van der Waals surface area (Å²) in [5.74, 6) is 1.25. The molecule has 0 unspecified atom stereocenters. The molecule has 0 aromatic carbocycles. The second-order valence-corrected chi connectivity index (χ2v) is 5.17. The lowest BCUT2D eigenvalue weighted by molar-refractivity contribution is 0.0939. The Bertz CT molecular complexity index is 580. The van der Waals surface area contributed by atoms with Gasteiger partial charge < -0.3 is 9.84 Å². The molecular weight excluding hydrogens is 248 g/mol. The number of hydrogen-bond donors (Lipinski definition) is 2. The zero-order chi connectivity index (χ0) is 14.0. The van der Waals surface area contributed by atoms with E-state index < -0.39 is 0 Å². The normalized spacial score (nSPS) is 11.6. The number of carbonyl (C=O) groups is 1. The van der Waals surface area contributed by atoms with E-state index in [0.717, 1.165) is 0 Å². The number of nitrogens with zero attached hydrogens (tertiary/aromatic N) is 4. The smallest absolute Gasteiger partial charge is 0.291 e. The standard InChI is InChI=1S/C11H16N6O2/c1-6-13-7(17-19-6)5-12-9(18)8-14-10(16-15-8)11(2,3)4/h5H2,1-4H3,(H,12,18)(H,14,15,16). The van der Waals surface area contributed by atoms with Gasteiger partial charge in [0.2, 0.25) is 11.7 Å². The molecule has 0 aliphatic rings. The summed E-state index contributed by atoms with van der Waals surface area (Å²) in [6.45, 7) is 7.81. The number of aryl methyl sites for hydroxylation is 1. The summed E-state index contributed by atoms with van der Waals surface area (Å²) >= 11 is 0. The van der Waals surface area contributed by atoms with Crippen molar-refractivity contribution in [2.24, 2.45) is 0 Å². The van der Waals surface area contributed by atoms with Crippen molar-refractivity contribution < 1.29 is 9.32 Å².